The second-order valence-electron chi connectivity index (χ2n) is 5.53. The minimum absolute atomic E-state index is 0.0465. The Balaban J connectivity index is 2.00. The fourth-order valence-electron chi connectivity index (χ4n) is 2.34. The number of aryl methyl sites for hydroxylation is 3. The van der Waals surface area contributed by atoms with Gasteiger partial charge in [-0.05, 0) is 49.1 Å². The van der Waals surface area contributed by atoms with Crippen molar-refractivity contribution < 1.29 is 14.3 Å². The zero-order valence-electron chi connectivity index (χ0n) is 14.1. The van der Waals surface area contributed by atoms with E-state index in [4.69, 9.17) is 9.47 Å². The SMILES string of the molecule is COc1ccc(OC)c(NC(=O)CCc2ccc(C)c(C)c2)c1. The lowest BCUT2D eigenvalue weighted by Crippen LogP contribution is -2.13. The lowest BCUT2D eigenvalue weighted by atomic mass is 10.0. The number of anilines is 1. The molecule has 0 aliphatic carbocycles. The maximum Gasteiger partial charge on any atom is 0.224 e. The van der Waals surface area contributed by atoms with Crippen LogP contribution in [0.2, 0.25) is 0 Å². The van der Waals surface area contributed by atoms with Gasteiger partial charge >= 0.3 is 0 Å². The average Bonchev–Trinajstić information content (AvgIpc) is 2.55. The van der Waals surface area contributed by atoms with Gasteiger partial charge in [-0.3, -0.25) is 4.79 Å². The van der Waals surface area contributed by atoms with E-state index in [1.165, 1.54) is 16.7 Å². The molecule has 0 saturated heterocycles. The summed E-state index contributed by atoms with van der Waals surface area (Å²) < 4.78 is 10.4. The van der Waals surface area contributed by atoms with Crippen LogP contribution in [0.15, 0.2) is 36.4 Å². The second-order valence-corrected chi connectivity index (χ2v) is 5.53. The summed E-state index contributed by atoms with van der Waals surface area (Å²) in [6, 6.07) is 11.6. The Bertz CT molecular complexity index is 695. The number of hydrogen-bond donors (Lipinski definition) is 1. The van der Waals surface area contributed by atoms with Crippen molar-refractivity contribution in [1.82, 2.24) is 0 Å². The molecule has 23 heavy (non-hydrogen) atoms. The number of amides is 1. The lowest BCUT2D eigenvalue weighted by Gasteiger charge is -2.12. The highest BCUT2D eigenvalue weighted by molar-refractivity contribution is 5.92. The molecule has 1 N–H and O–H groups in total. The molecule has 0 spiro atoms. The van der Waals surface area contributed by atoms with Gasteiger partial charge in [-0.15, -0.1) is 0 Å². The van der Waals surface area contributed by atoms with Crippen LogP contribution in [0.5, 0.6) is 11.5 Å². The van der Waals surface area contributed by atoms with Crippen molar-refractivity contribution in [1.29, 1.82) is 0 Å². The average molecular weight is 313 g/mol. The normalized spacial score (nSPS) is 10.3. The van der Waals surface area contributed by atoms with Crippen molar-refractivity contribution in [2.24, 2.45) is 0 Å². The molecular formula is C19H23NO3. The van der Waals surface area contributed by atoms with Crippen molar-refractivity contribution in [3.05, 3.63) is 53.1 Å². The van der Waals surface area contributed by atoms with Gasteiger partial charge in [0.25, 0.3) is 0 Å². The largest absolute Gasteiger partial charge is 0.497 e. The Labute approximate surface area is 137 Å². The molecule has 2 aromatic carbocycles. The van der Waals surface area contributed by atoms with Gasteiger partial charge in [0, 0.05) is 12.5 Å². The first kappa shape index (κ1) is 16.9. The molecule has 0 heterocycles. The van der Waals surface area contributed by atoms with Crippen LogP contribution in [-0.2, 0) is 11.2 Å². The van der Waals surface area contributed by atoms with Crippen LogP contribution < -0.4 is 14.8 Å². The molecule has 122 valence electrons. The third-order valence-corrected chi connectivity index (χ3v) is 3.89. The van der Waals surface area contributed by atoms with Gasteiger partial charge in [0.05, 0.1) is 19.9 Å². The van der Waals surface area contributed by atoms with E-state index in [0.29, 0.717) is 30.0 Å². The maximum atomic E-state index is 12.2. The van der Waals surface area contributed by atoms with E-state index < -0.39 is 0 Å². The molecule has 0 fully saturated rings. The molecule has 4 heteroatoms. The van der Waals surface area contributed by atoms with Crippen LogP contribution in [-0.4, -0.2) is 20.1 Å². The monoisotopic (exact) mass is 313 g/mol. The topological polar surface area (TPSA) is 47.6 Å². The van der Waals surface area contributed by atoms with E-state index in [2.05, 4.69) is 37.4 Å². The number of carbonyl (C=O) groups is 1. The van der Waals surface area contributed by atoms with E-state index in [0.717, 1.165) is 0 Å². The minimum atomic E-state index is -0.0465. The first-order valence-electron chi connectivity index (χ1n) is 7.61. The number of carbonyl (C=O) groups excluding carboxylic acids is 1. The fraction of sp³-hybridized carbons (Fsp3) is 0.316. The van der Waals surface area contributed by atoms with Gasteiger partial charge in [-0.1, -0.05) is 18.2 Å². The number of rotatable bonds is 6. The van der Waals surface area contributed by atoms with Crippen LogP contribution in [0.3, 0.4) is 0 Å². The summed E-state index contributed by atoms with van der Waals surface area (Å²) in [7, 11) is 3.17. The maximum absolute atomic E-state index is 12.2. The zero-order valence-corrected chi connectivity index (χ0v) is 14.1. The highest BCUT2D eigenvalue weighted by Crippen LogP contribution is 2.29. The number of hydrogen-bond acceptors (Lipinski definition) is 3. The molecule has 1 amide bonds. The van der Waals surface area contributed by atoms with E-state index in [-0.39, 0.29) is 5.91 Å². The summed E-state index contributed by atoms with van der Waals surface area (Å²) in [5, 5.41) is 2.89. The molecule has 2 aromatic rings. The smallest absolute Gasteiger partial charge is 0.224 e. The Morgan fingerprint density at radius 1 is 1.00 bits per heavy atom. The highest BCUT2D eigenvalue weighted by atomic mass is 16.5. The quantitative estimate of drug-likeness (QED) is 0.880. The third-order valence-electron chi connectivity index (χ3n) is 3.89. The Kier molecular flexibility index (Phi) is 5.63. The van der Waals surface area contributed by atoms with E-state index in [1.54, 1.807) is 32.4 Å². The molecule has 0 aliphatic heterocycles. The number of ether oxygens (including phenoxy) is 2. The van der Waals surface area contributed by atoms with E-state index in [9.17, 15) is 4.79 Å². The van der Waals surface area contributed by atoms with E-state index >= 15 is 0 Å². The molecule has 0 bridgehead atoms. The molecule has 0 radical (unpaired) electrons. The van der Waals surface area contributed by atoms with Crippen molar-refractivity contribution in [3.63, 3.8) is 0 Å². The number of nitrogens with one attached hydrogen (secondary N) is 1. The van der Waals surface area contributed by atoms with E-state index in [1.807, 2.05) is 0 Å². The number of benzene rings is 2. The molecule has 0 unspecified atom stereocenters. The first-order chi connectivity index (χ1) is 11.0. The van der Waals surface area contributed by atoms with Crippen LogP contribution in [0.4, 0.5) is 5.69 Å². The fourth-order valence-corrected chi connectivity index (χ4v) is 2.34. The Morgan fingerprint density at radius 3 is 2.43 bits per heavy atom. The van der Waals surface area contributed by atoms with Crippen LogP contribution in [0.25, 0.3) is 0 Å². The summed E-state index contributed by atoms with van der Waals surface area (Å²) in [5.41, 5.74) is 4.30. The summed E-state index contributed by atoms with van der Waals surface area (Å²) in [5.74, 6) is 1.25. The van der Waals surface area contributed by atoms with Crippen LogP contribution in [0, 0.1) is 13.8 Å². The van der Waals surface area contributed by atoms with Gasteiger partial charge in [0.2, 0.25) is 5.91 Å². The summed E-state index contributed by atoms with van der Waals surface area (Å²) >= 11 is 0. The van der Waals surface area contributed by atoms with Crippen molar-refractivity contribution in [2.75, 3.05) is 19.5 Å². The summed E-state index contributed by atoms with van der Waals surface area (Å²) in [4.78, 5) is 12.2. The van der Waals surface area contributed by atoms with Crippen LogP contribution >= 0.6 is 0 Å². The lowest BCUT2D eigenvalue weighted by molar-refractivity contribution is -0.116. The molecule has 0 aliphatic rings. The Hall–Kier alpha value is -2.49. The standard InChI is InChI=1S/C19H23NO3/c1-13-5-6-15(11-14(13)2)7-10-19(21)20-17-12-16(22-3)8-9-18(17)23-4/h5-6,8-9,11-12H,7,10H2,1-4H3,(H,20,21). The zero-order chi connectivity index (χ0) is 16.8. The first-order valence-corrected chi connectivity index (χ1v) is 7.61. The van der Waals surface area contributed by atoms with Gasteiger partial charge in [-0.2, -0.15) is 0 Å². The van der Waals surface area contributed by atoms with Gasteiger partial charge in [-0.25, -0.2) is 0 Å². The molecule has 0 atom stereocenters. The van der Waals surface area contributed by atoms with Crippen molar-refractivity contribution in [2.45, 2.75) is 26.7 Å². The molecule has 4 nitrogen and oxygen atoms in total. The molecule has 0 aromatic heterocycles. The summed E-state index contributed by atoms with van der Waals surface area (Å²) in [6.45, 7) is 4.17. The summed E-state index contributed by atoms with van der Waals surface area (Å²) in [6.07, 6.45) is 1.13. The second kappa shape index (κ2) is 7.68. The molecule has 2 rings (SSSR count). The predicted octanol–water partition coefficient (Wildman–Crippen LogP) is 3.89. The van der Waals surface area contributed by atoms with Crippen molar-refractivity contribution >= 4 is 11.6 Å². The van der Waals surface area contributed by atoms with Gasteiger partial charge in [0.1, 0.15) is 11.5 Å². The molecule has 0 saturated carbocycles. The molecular weight excluding hydrogens is 290 g/mol. The van der Waals surface area contributed by atoms with Crippen molar-refractivity contribution in [3.8, 4) is 11.5 Å². The highest BCUT2D eigenvalue weighted by Gasteiger charge is 2.09. The van der Waals surface area contributed by atoms with Gasteiger partial charge < -0.3 is 14.8 Å². The third kappa shape index (κ3) is 4.49. The predicted molar refractivity (Wildman–Crippen MR) is 92.4 cm³/mol. The Morgan fingerprint density at radius 2 is 1.78 bits per heavy atom. The number of methoxy groups -OCH3 is 2. The minimum Gasteiger partial charge on any atom is -0.497 e. The van der Waals surface area contributed by atoms with Crippen LogP contribution in [0.1, 0.15) is 23.1 Å². The van der Waals surface area contributed by atoms with Gasteiger partial charge in [0.15, 0.2) is 0 Å².